The zero-order valence-electron chi connectivity index (χ0n) is 5.39. The van der Waals surface area contributed by atoms with Crippen molar-refractivity contribution in [3.63, 3.8) is 0 Å². The lowest BCUT2D eigenvalue weighted by Crippen LogP contribution is -2.02. The Morgan fingerprint density at radius 1 is 1.55 bits per heavy atom. The smallest absolute Gasteiger partial charge is 0.329 e. The summed E-state index contributed by atoms with van der Waals surface area (Å²) in [5.74, 6) is -0.296. The predicted molar refractivity (Wildman–Crippen MR) is 37.5 cm³/mol. The second-order valence-electron chi connectivity index (χ2n) is 1.76. The number of nitrogens with two attached hydrogens (primary N) is 2. The third-order valence-corrected chi connectivity index (χ3v) is 1.01. The highest BCUT2D eigenvalue weighted by Crippen LogP contribution is 2.16. The van der Waals surface area contributed by atoms with Gasteiger partial charge in [-0.15, -0.1) is 0 Å². The Bertz CT molecular complexity index is 299. The van der Waals surface area contributed by atoms with Crippen LogP contribution in [0.3, 0.4) is 0 Å². The maximum absolute atomic E-state index is 10.1. The molecule has 7 nitrogen and oxygen atoms in total. The summed E-state index contributed by atoms with van der Waals surface area (Å²) in [6.45, 7) is 0. The molecule has 0 bridgehead atoms. The normalized spacial score (nSPS) is 9.45. The first kappa shape index (κ1) is 7.19. The summed E-state index contributed by atoms with van der Waals surface area (Å²) < 4.78 is 0. The highest BCUT2D eigenvalue weighted by Gasteiger charge is 2.12. The summed E-state index contributed by atoms with van der Waals surface area (Å²) in [5, 5.41) is 10.1. The number of anilines is 2. The van der Waals surface area contributed by atoms with Crippen molar-refractivity contribution >= 4 is 17.5 Å². The molecule has 0 unspecified atom stereocenters. The Hall–Kier alpha value is -1.92. The van der Waals surface area contributed by atoms with E-state index in [0.29, 0.717) is 0 Å². The fourth-order valence-electron chi connectivity index (χ4n) is 0.544. The van der Waals surface area contributed by atoms with Gasteiger partial charge in [0, 0.05) is 0 Å². The summed E-state index contributed by atoms with van der Waals surface area (Å²) in [7, 11) is 0. The zero-order valence-corrected chi connectivity index (χ0v) is 5.39. The average molecular weight is 155 g/mol. The van der Waals surface area contributed by atoms with Gasteiger partial charge in [-0.3, -0.25) is 10.1 Å². The molecule has 4 N–H and O–H groups in total. The zero-order chi connectivity index (χ0) is 8.43. The number of aromatic nitrogens is 2. The number of hydrogen-bond donors (Lipinski definition) is 2. The van der Waals surface area contributed by atoms with Gasteiger partial charge in [-0.1, -0.05) is 0 Å². The van der Waals surface area contributed by atoms with Crippen LogP contribution in [-0.2, 0) is 0 Å². The van der Waals surface area contributed by atoms with Gasteiger partial charge < -0.3 is 11.5 Å². The molecule has 1 heterocycles. The van der Waals surface area contributed by atoms with Crippen molar-refractivity contribution in [2.75, 3.05) is 11.5 Å². The predicted octanol–water partition coefficient (Wildman–Crippen LogP) is -0.451. The lowest BCUT2D eigenvalue weighted by atomic mass is 10.5. The van der Waals surface area contributed by atoms with Crippen LogP contribution in [0.15, 0.2) is 6.20 Å². The quantitative estimate of drug-likeness (QED) is 0.418. The van der Waals surface area contributed by atoms with E-state index in [2.05, 4.69) is 9.97 Å². The summed E-state index contributed by atoms with van der Waals surface area (Å²) in [5.41, 5.74) is 9.92. The van der Waals surface area contributed by atoms with Gasteiger partial charge in [0.25, 0.3) is 0 Å². The van der Waals surface area contributed by atoms with E-state index < -0.39 is 4.92 Å². The van der Waals surface area contributed by atoms with E-state index in [1.54, 1.807) is 0 Å². The van der Waals surface area contributed by atoms with Crippen LogP contribution in [-0.4, -0.2) is 14.9 Å². The molecule has 0 atom stereocenters. The first-order valence-corrected chi connectivity index (χ1v) is 2.63. The molecule has 0 aliphatic carbocycles. The van der Waals surface area contributed by atoms with Crippen LogP contribution in [0.5, 0.6) is 0 Å². The molecule has 58 valence electrons. The Kier molecular flexibility index (Phi) is 1.55. The lowest BCUT2D eigenvalue weighted by Gasteiger charge is -1.94. The molecular formula is C4H5N5O2. The van der Waals surface area contributed by atoms with Gasteiger partial charge in [0.2, 0.25) is 11.8 Å². The van der Waals surface area contributed by atoms with E-state index in [0.717, 1.165) is 6.20 Å². The van der Waals surface area contributed by atoms with Crippen molar-refractivity contribution in [3.8, 4) is 0 Å². The van der Waals surface area contributed by atoms with E-state index in [9.17, 15) is 10.1 Å². The van der Waals surface area contributed by atoms with Crippen LogP contribution in [0.2, 0.25) is 0 Å². The fraction of sp³-hybridized carbons (Fsp3) is 0. The van der Waals surface area contributed by atoms with E-state index >= 15 is 0 Å². The van der Waals surface area contributed by atoms with Crippen LogP contribution < -0.4 is 11.5 Å². The maximum Gasteiger partial charge on any atom is 0.329 e. The molecule has 0 spiro atoms. The van der Waals surface area contributed by atoms with Crippen molar-refractivity contribution < 1.29 is 4.92 Å². The molecule has 1 rings (SSSR count). The third-order valence-electron chi connectivity index (χ3n) is 1.01. The second kappa shape index (κ2) is 2.37. The Balaban J connectivity index is 3.20. The molecule has 0 aliphatic rings. The van der Waals surface area contributed by atoms with Crippen LogP contribution in [0.25, 0.3) is 0 Å². The van der Waals surface area contributed by atoms with Gasteiger partial charge in [0.1, 0.15) is 6.20 Å². The standard InChI is InChI=1S/C4H5N5O2/c5-3-2(9(10)11)1-7-4(6)8-3/h1H,(H4,5,6,7,8). The number of hydrogen-bond acceptors (Lipinski definition) is 6. The van der Waals surface area contributed by atoms with Crippen LogP contribution in [0.1, 0.15) is 0 Å². The van der Waals surface area contributed by atoms with Gasteiger partial charge >= 0.3 is 5.69 Å². The largest absolute Gasteiger partial charge is 0.378 e. The molecule has 0 saturated carbocycles. The molecule has 0 radical (unpaired) electrons. The monoisotopic (exact) mass is 155 g/mol. The molecule has 0 amide bonds. The van der Waals surface area contributed by atoms with Crippen molar-refractivity contribution in [1.82, 2.24) is 9.97 Å². The Morgan fingerprint density at radius 2 is 2.18 bits per heavy atom. The van der Waals surface area contributed by atoms with Crippen LogP contribution in [0, 0.1) is 10.1 Å². The average Bonchev–Trinajstić information content (AvgIpc) is 1.85. The van der Waals surface area contributed by atoms with Gasteiger partial charge in [0.05, 0.1) is 4.92 Å². The van der Waals surface area contributed by atoms with E-state index in [1.165, 1.54) is 0 Å². The minimum atomic E-state index is -0.672. The summed E-state index contributed by atoms with van der Waals surface area (Å²) in [6.07, 6.45) is 0.970. The Morgan fingerprint density at radius 3 is 2.64 bits per heavy atom. The first-order chi connectivity index (χ1) is 5.11. The molecule has 0 saturated heterocycles. The van der Waals surface area contributed by atoms with Crippen molar-refractivity contribution in [1.29, 1.82) is 0 Å². The lowest BCUT2D eigenvalue weighted by molar-refractivity contribution is -0.384. The fourth-order valence-corrected chi connectivity index (χ4v) is 0.544. The molecule has 0 aliphatic heterocycles. The highest BCUT2D eigenvalue weighted by atomic mass is 16.6. The highest BCUT2D eigenvalue weighted by molar-refractivity contribution is 5.52. The molecule has 0 aromatic carbocycles. The number of nitrogen functional groups attached to an aromatic ring is 2. The summed E-state index contributed by atoms with van der Waals surface area (Å²) in [6, 6.07) is 0. The molecule has 7 heteroatoms. The van der Waals surface area contributed by atoms with Crippen molar-refractivity contribution in [2.24, 2.45) is 0 Å². The van der Waals surface area contributed by atoms with Gasteiger partial charge in [-0.05, 0) is 0 Å². The van der Waals surface area contributed by atoms with Crippen LogP contribution in [0.4, 0.5) is 17.5 Å². The molecule has 11 heavy (non-hydrogen) atoms. The maximum atomic E-state index is 10.1. The summed E-state index contributed by atoms with van der Waals surface area (Å²) in [4.78, 5) is 16.3. The molecule has 1 aromatic rings. The first-order valence-electron chi connectivity index (χ1n) is 2.63. The van der Waals surface area contributed by atoms with Crippen molar-refractivity contribution in [3.05, 3.63) is 16.3 Å². The summed E-state index contributed by atoms with van der Waals surface area (Å²) >= 11 is 0. The second-order valence-corrected chi connectivity index (χ2v) is 1.76. The molecule has 0 fully saturated rings. The van der Waals surface area contributed by atoms with E-state index in [1.807, 2.05) is 0 Å². The minimum Gasteiger partial charge on any atom is -0.378 e. The number of nitrogens with zero attached hydrogens (tertiary/aromatic N) is 3. The number of nitro groups is 1. The Labute approximate surface area is 61.2 Å². The van der Waals surface area contributed by atoms with Gasteiger partial charge in [0.15, 0.2) is 0 Å². The van der Waals surface area contributed by atoms with E-state index in [-0.39, 0.29) is 17.5 Å². The van der Waals surface area contributed by atoms with Crippen molar-refractivity contribution in [2.45, 2.75) is 0 Å². The van der Waals surface area contributed by atoms with Gasteiger partial charge in [-0.25, -0.2) is 4.98 Å². The SMILES string of the molecule is Nc1ncc([N+](=O)[O-])c(N)n1. The topological polar surface area (TPSA) is 121 Å². The van der Waals surface area contributed by atoms with E-state index in [4.69, 9.17) is 11.5 Å². The van der Waals surface area contributed by atoms with Crippen LogP contribution >= 0.6 is 0 Å². The molecular weight excluding hydrogens is 150 g/mol. The molecule has 1 aromatic heterocycles. The number of rotatable bonds is 1. The third kappa shape index (κ3) is 1.31. The minimum absolute atomic E-state index is 0.0758. The van der Waals surface area contributed by atoms with Gasteiger partial charge in [-0.2, -0.15) is 4.98 Å².